The lowest BCUT2D eigenvalue weighted by Crippen LogP contribution is -2.63. The van der Waals surface area contributed by atoms with Gasteiger partial charge in [-0.15, -0.1) is 0 Å². The van der Waals surface area contributed by atoms with Crippen LogP contribution in [0.3, 0.4) is 0 Å². The number of hydrogen-bond donors (Lipinski definition) is 1. The SMILES string of the molecule is CCOc1cc(CNC23CC4C[C@@](C)(C2)C[C@](C)(C4)C3)cc(Br)c1OC(C)C. The van der Waals surface area contributed by atoms with Crippen molar-refractivity contribution in [3.63, 3.8) is 0 Å². The fraction of sp³-hybridized carbons (Fsp3) is 0.750. The highest BCUT2D eigenvalue weighted by Crippen LogP contribution is 2.66. The molecule has 156 valence electrons. The molecule has 4 heteroatoms. The Morgan fingerprint density at radius 2 is 1.79 bits per heavy atom. The van der Waals surface area contributed by atoms with Crippen LogP contribution >= 0.6 is 15.9 Å². The maximum Gasteiger partial charge on any atom is 0.175 e. The van der Waals surface area contributed by atoms with Crippen LogP contribution in [0.5, 0.6) is 11.5 Å². The maximum atomic E-state index is 6.00. The first-order chi connectivity index (χ1) is 13.1. The molecule has 0 aliphatic heterocycles. The minimum Gasteiger partial charge on any atom is -0.490 e. The highest BCUT2D eigenvalue weighted by molar-refractivity contribution is 9.10. The normalized spacial score (nSPS) is 36.2. The van der Waals surface area contributed by atoms with Gasteiger partial charge in [-0.25, -0.2) is 0 Å². The third-order valence-electron chi connectivity index (χ3n) is 7.02. The summed E-state index contributed by atoms with van der Waals surface area (Å²) in [5, 5.41) is 4.03. The van der Waals surface area contributed by atoms with E-state index in [1.807, 2.05) is 20.8 Å². The van der Waals surface area contributed by atoms with Crippen LogP contribution in [0.25, 0.3) is 0 Å². The lowest BCUT2D eigenvalue weighted by molar-refractivity contribution is -0.118. The van der Waals surface area contributed by atoms with Crippen LogP contribution in [0.2, 0.25) is 0 Å². The van der Waals surface area contributed by atoms with E-state index in [1.165, 1.54) is 44.1 Å². The zero-order chi connectivity index (χ0) is 20.2. The molecule has 0 aromatic heterocycles. The largest absolute Gasteiger partial charge is 0.490 e. The molecular weight excluding hydrogens is 414 g/mol. The molecule has 4 atom stereocenters. The molecule has 4 aliphatic rings. The van der Waals surface area contributed by atoms with Gasteiger partial charge in [-0.1, -0.05) is 13.8 Å². The molecule has 4 saturated carbocycles. The van der Waals surface area contributed by atoms with Gasteiger partial charge in [0.25, 0.3) is 0 Å². The van der Waals surface area contributed by atoms with Crippen molar-refractivity contribution in [3.8, 4) is 11.5 Å². The van der Waals surface area contributed by atoms with Crippen LogP contribution in [0, 0.1) is 16.7 Å². The number of ether oxygens (including phenoxy) is 2. The molecule has 1 N–H and O–H groups in total. The number of nitrogens with one attached hydrogen (secondary N) is 1. The molecule has 0 radical (unpaired) electrons. The third-order valence-corrected chi connectivity index (χ3v) is 7.61. The van der Waals surface area contributed by atoms with Gasteiger partial charge >= 0.3 is 0 Å². The number of benzene rings is 1. The zero-order valence-corrected chi connectivity index (χ0v) is 19.7. The van der Waals surface area contributed by atoms with Crippen molar-refractivity contribution in [2.45, 2.75) is 91.3 Å². The van der Waals surface area contributed by atoms with Gasteiger partial charge in [0, 0.05) is 12.1 Å². The second-order valence-corrected chi connectivity index (χ2v) is 11.6. The first-order valence-electron chi connectivity index (χ1n) is 11.0. The summed E-state index contributed by atoms with van der Waals surface area (Å²) in [7, 11) is 0. The second kappa shape index (κ2) is 7.19. The molecule has 5 rings (SSSR count). The summed E-state index contributed by atoms with van der Waals surface area (Å²) >= 11 is 3.71. The first kappa shape index (κ1) is 20.5. The molecule has 28 heavy (non-hydrogen) atoms. The molecule has 4 fully saturated rings. The van der Waals surface area contributed by atoms with Crippen molar-refractivity contribution in [3.05, 3.63) is 22.2 Å². The van der Waals surface area contributed by atoms with Gasteiger partial charge in [0.15, 0.2) is 11.5 Å². The van der Waals surface area contributed by atoms with E-state index in [0.29, 0.717) is 23.0 Å². The van der Waals surface area contributed by atoms with Gasteiger partial charge in [-0.3, -0.25) is 0 Å². The second-order valence-electron chi connectivity index (χ2n) is 10.8. The summed E-state index contributed by atoms with van der Waals surface area (Å²) in [5.41, 5.74) is 2.65. The van der Waals surface area contributed by atoms with Crippen LogP contribution < -0.4 is 14.8 Å². The highest BCUT2D eigenvalue weighted by atomic mass is 79.9. The molecule has 2 unspecified atom stereocenters. The summed E-state index contributed by atoms with van der Waals surface area (Å²) in [6.07, 6.45) is 8.43. The fourth-order valence-corrected chi connectivity index (χ4v) is 7.85. The monoisotopic (exact) mass is 449 g/mol. The average Bonchev–Trinajstić information content (AvgIpc) is 2.53. The minimum absolute atomic E-state index is 0.119. The van der Waals surface area contributed by atoms with Crippen molar-refractivity contribution < 1.29 is 9.47 Å². The molecule has 1 aromatic carbocycles. The van der Waals surface area contributed by atoms with Gasteiger partial charge in [-0.2, -0.15) is 0 Å². The Hall–Kier alpha value is -0.740. The average molecular weight is 450 g/mol. The van der Waals surface area contributed by atoms with Gasteiger partial charge in [0.2, 0.25) is 0 Å². The molecule has 0 saturated heterocycles. The fourth-order valence-electron chi connectivity index (χ4n) is 7.27. The predicted molar refractivity (Wildman–Crippen MR) is 118 cm³/mol. The van der Waals surface area contributed by atoms with Gasteiger partial charge in [0.05, 0.1) is 17.2 Å². The van der Waals surface area contributed by atoms with Crippen LogP contribution in [-0.4, -0.2) is 18.2 Å². The Balaban J connectivity index is 1.53. The topological polar surface area (TPSA) is 30.5 Å². The quantitative estimate of drug-likeness (QED) is 0.516. The molecule has 0 amide bonds. The molecule has 0 spiro atoms. The maximum absolute atomic E-state index is 6.00. The van der Waals surface area contributed by atoms with E-state index in [-0.39, 0.29) is 6.10 Å². The number of halogens is 1. The third kappa shape index (κ3) is 3.96. The van der Waals surface area contributed by atoms with Crippen LogP contribution in [0.1, 0.15) is 78.7 Å². The van der Waals surface area contributed by atoms with E-state index >= 15 is 0 Å². The molecule has 4 aliphatic carbocycles. The molecule has 1 aromatic rings. The van der Waals surface area contributed by atoms with E-state index in [9.17, 15) is 0 Å². The van der Waals surface area contributed by atoms with Crippen molar-refractivity contribution in [2.24, 2.45) is 16.7 Å². The Labute approximate surface area is 179 Å². The van der Waals surface area contributed by atoms with E-state index in [1.54, 1.807) is 0 Å². The summed E-state index contributed by atoms with van der Waals surface area (Å²) in [6.45, 7) is 12.7. The van der Waals surface area contributed by atoms with Crippen LogP contribution in [0.15, 0.2) is 16.6 Å². The molecule has 0 heterocycles. The van der Waals surface area contributed by atoms with Crippen molar-refractivity contribution in [2.75, 3.05) is 6.61 Å². The summed E-state index contributed by atoms with van der Waals surface area (Å²) in [6, 6.07) is 4.35. The van der Waals surface area contributed by atoms with E-state index in [0.717, 1.165) is 28.4 Å². The summed E-state index contributed by atoms with van der Waals surface area (Å²) in [5.74, 6) is 2.56. The van der Waals surface area contributed by atoms with E-state index in [2.05, 4.69) is 47.2 Å². The van der Waals surface area contributed by atoms with Gasteiger partial charge in [0.1, 0.15) is 0 Å². The molecular formula is C24H36BrNO2. The van der Waals surface area contributed by atoms with Crippen LogP contribution in [-0.2, 0) is 6.54 Å². The summed E-state index contributed by atoms with van der Waals surface area (Å²) < 4.78 is 12.9. The Morgan fingerprint density at radius 3 is 2.36 bits per heavy atom. The lowest BCUT2D eigenvalue weighted by atomic mass is 9.43. The lowest BCUT2D eigenvalue weighted by Gasteiger charge is -2.65. The van der Waals surface area contributed by atoms with E-state index < -0.39 is 0 Å². The van der Waals surface area contributed by atoms with Crippen molar-refractivity contribution in [1.82, 2.24) is 5.32 Å². The first-order valence-corrected chi connectivity index (χ1v) is 11.8. The Bertz CT molecular complexity index is 728. The van der Waals surface area contributed by atoms with Gasteiger partial charge < -0.3 is 14.8 Å². The number of hydrogen-bond acceptors (Lipinski definition) is 3. The zero-order valence-electron chi connectivity index (χ0n) is 18.2. The summed E-state index contributed by atoms with van der Waals surface area (Å²) in [4.78, 5) is 0. The van der Waals surface area contributed by atoms with Gasteiger partial charge in [-0.05, 0) is 110 Å². The molecule has 3 nitrogen and oxygen atoms in total. The Kier molecular flexibility index (Phi) is 5.27. The highest BCUT2D eigenvalue weighted by Gasteiger charge is 2.59. The van der Waals surface area contributed by atoms with Crippen LogP contribution in [0.4, 0.5) is 0 Å². The smallest absolute Gasteiger partial charge is 0.175 e. The van der Waals surface area contributed by atoms with E-state index in [4.69, 9.17) is 9.47 Å². The Morgan fingerprint density at radius 1 is 1.11 bits per heavy atom. The van der Waals surface area contributed by atoms with Crippen molar-refractivity contribution >= 4 is 15.9 Å². The minimum atomic E-state index is 0.119. The molecule has 4 bridgehead atoms. The van der Waals surface area contributed by atoms with Crippen molar-refractivity contribution in [1.29, 1.82) is 0 Å². The standard InChI is InChI=1S/C24H36BrNO2/c1-6-27-20-8-17(7-19(25)21(20)28-16(2)3)12-26-24-11-18-9-22(4,14-24)13-23(5,10-18)15-24/h7-8,16,18,26H,6,9-15H2,1-5H3/t18?,22-,23+,24?. The number of rotatable bonds is 7. The predicted octanol–water partition coefficient (Wildman–Crippen LogP) is 6.47.